The van der Waals surface area contributed by atoms with Crippen LogP contribution in [0.25, 0.3) is 12.2 Å². The van der Waals surface area contributed by atoms with E-state index in [0.717, 1.165) is 0 Å². The van der Waals surface area contributed by atoms with Gasteiger partial charge in [0.05, 0.1) is 0 Å². The van der Waals surface area contributed by atoms with E-state index in [1.807, 2.05) is 13.8 Å². The van der Waals surface area contributed by atoms with Crippen LogP contribution in [0.1, 0.15) is 25.0 Å². The summed E-state index contributed by atoms with van der Waals surface area (Å²) < 4.78 is 0. The van der Waals surface area contributed by atoms with Gasteiger partial charge in [0.2, 0.25) is 0 Å². The summed E-state index contributed by atoms with van der Waals surface area (Å²) in [5.74, 6) is 0. The second-order valence-corrected chi connectivity index (χ2v) is 2.67. The van der Waals surface area contributed by atoms with E-state index in [9.17, 15) is 0 Å². The van der Waals surface area contributed by atoms with Crippen LogP contribution in [0.4, 0.5) is 0 Å². The molecule has 0 amide bonds. The van der Waals surface area contributed by atoms with Crippen molar-refractivity contribution in [2.75, 3.05) is 0 Å². The second-order valence-electron chi connectivity index (χ2n) is 2.67. The molecule has 0 bridgehead atoms. The van der Waals surface area contributed by atoms with E-state index in [0.29, 0.717) is 0 Å². The van der Waals surface area contributed by atoms with E-state index in [1.165, 1.54) is 11.1 Å². The van der Waals surface area contributed by atoms with E-state index in [2.05, 4.69) is 48.6 Å². The van der Waals surface area contributed by atoms with Crippen molar-refractivity contribution >= 4 is 12.2 Å². The number of rotatable bonds is 2. The maximum atomic E-state index is 2.17. The standard InChI is InChI=1S/C12H14/c1-3-6-11-8-5-9-12(10-11)7-4-2/h3-10H,1-2H3/b6-3+,7-4+. The zero-order valence-corrected chi connectivity index (χ0v) is 7.62. The minimum absolute atomic E-state index is 1.26. The van der Waals surface area contributed by atoms with Crippen molar-refractivity contribution < 1.29 is 0 Å². The molecule has 0 nitrogen and oxygen atoms in total. The highest BCUT2D eigenvalue weighted by molar-refractivity contribution is 5.57. The SMILES string of the molecule is C/C=C/c1cccc(/C=C/C)c1. The zero-order chi connectivity index (χ0) is 8.81. The Bertz CT molecular complexity index is 265. The lowest BCUT2D eigenvalue weighted by atomic mass is 10.1. The van der Waals surface area contributed by atoms with Crippen LogP contribution in [0.15, 0.2) is 36.4 Å². The van der Waals surface area contributed by atoms with E-state index >= 15 is 0 Å². The second kappa shape index (κ2) is 4.55. The first-order valence-corrected chi connectivity index (χ1v) is 4.22. The van der Waals surface area contributed by atoms with Gasteiger partial charge in [-0.3, -0.25) is 0 Å². The molecule has 0 N–H and O–H groups in total. The Labute approximate surface area is 74.2 Å². The molecule has 12 heavy (non-hydrogen) atoms. The molecule has 0 saturated heterocycles. The zero-order valence-electron chi connectivity index (χ0n) is 7.62. The minimum Gasteiger partial charge on any atom is -0.0871 e. The predicted octanol–water partition coefficient (Wildman–Crippen LogP) is 3.75. The van der Waals surface area contributed by atoms with E-state index < -0.39 is 0 Å². The third-order valence-corrected chi connectivity index (χ3v) is 1.63. The van der Waals surface area contributed by atoms with Gasteiger partial charge in [-0.15, -0.1) is 0 Å². The Morgan fingerprint density at radius 3 is 1.83 bits per heavy atom. The first-order chi connectivity index (χ1) is 5.86. The van der Waals surface area contributed by atoms with E-state index in [1.54, 1.807) is 0 Å². The van der Waals surface area contributed by atoms with E-state index in [-0.39, 0.29) is 0 Å². The summed E-state index contributed by atoms with van der Waals surface area (Å²) in [5, 5.41) is 0. The lowest BCUT2D eigenvalue weighted by Crippen LogP contribution is -1.74. The van der Waals surface area contributed by atoms with Crippen LogP contribution >= 0.6 is 0 Å². The summed E-state index contributed by atoms with van der Waals surface area (Å²) in [6.45, 7) is 4.06. The van der Waals surface area contributed by atoms with Gasteiger partial charge in [0.15, 0.2) is 0 Å². The number of hydrogen-bond acceptors (Lipinski definition) is 0. The molecule has 0 heterocycles. The summed E-state index contributed by atoms with van der Waals surface area (Å²) in [5.41, 5.74) is 2.52. The van der Waals surface area contributed by atoms with Gasteiger partial charge in [0.25, 0.3) is 0 Å². The first kappa shape index (κ1) is 8.79. The van der Waals surface area contributed by atoms with Crippen LogP contribution in [-0.2, 0) is 0 Å². The highest BCUT2D eigenvalue weighted by atomic mass is 13.9. The molecule has 0 atom stereocenters. The predicted molar refractivity (Wildman–Crippen MR) is 55.9 cm³/mol. The normalized spacial score (nSPS) is 11.5. The van der Waals surface area contributed by atoms with Gasteiger partial charge in [-0.2, -0.15) is 0 Å². The van der Waals surface area contributed by atoms with Gasteiger partial charge in [-0.1, -0.05) is 42.5 Å². The van der Waals surface area contributed by atoms with Gasteiger partial charge in [-0.05, 0) is 31.0 Å². The van der Waals surface area contributed by atoms with Crippen molar-refractivity contribution in [1.29, 1.82) is 0 Å². The molecule has 0 fully saturated rings. The van der Waals surface area contributed by atoms with Gasteiger partial charge in [0, 0.05) is 0 Å². The van der Waals surface area contributed by atoms with Gasteiger partial charge < -0.3 is 0 Å². The van der Waals surface area contributed by atoms with Gasteiger partial charge in [-0.25, -0.2) is 0 Å². The highest BCUT2D eigenvalue weighted by Gasteiger charge is 1.87. The molecule has 0 saturated carbocycles. The van der Waals surface area contributed by atoms with Crippen LogP contribution in [0.5, 0.6) is 0 Å². The Morgan fingerprint density at radius 1 is 0.917 bits per heavy atom. The number of hydrogen-bond donors (Lipinski definition) is 0. The molecule has 1 rings (SSSR count). The minimum atomic E-state index is 1.26. The third kappa shape index (κ3) is 2.39. The molecule has 1 aromatic carbocycles. The molecule has 1 aromatic rings. The molecule has 0 heteroatoms. The molecule has 0 aliphatic rings. The maximum absolute atomic E-state index is 2.17. The average Bonchev–Trinajstić information content (AvgIpc) is 2.06. The maximum Gasteiger partial charge on any atom is -0.0254 e. The van der Waals surface area contributed by atoms with Crippen molar-refractivity contribution in [3.05, 3.63) is 47.5 Å². The van der Waals surface area contributed by atoms with Crippen LogP contribution in [0, 0.1) is 0 Å². The number of benzene rings is 1. The largest absolute Gasteiger partial charge is 0.0871 e. The van der Waals surface area contributed by atoms with Crippen molar-refractivity contribution in [3.63, 3.8) is 0 Å². The molecule has 0 unspecified atom stereocenters. The quantitative estimate of drug-likeness (QED) is 0.615. The topological polar surface area (TPSA) is 0 Å². The molecule has 0 aromatic heterocycles. The summed E-state index contributed by atoms with van der Waals surface area (Å²) in [6, 6.07) is 8.45. The van der Waals surface area contributed by atoms with Crippen LogP contribution in [0.3, 0.4) is 0 Å². The average molecular weight is 158 g/mol. The van der Waals surface area contributed by atoms with Crippen molar-refractivity contribution in [2.45, 2.75) is 13.8 Å². The summed E-state index contributed by atoms with van der Waals surface area (Å²) in [4.78, 5) is 0. The Balaban J connectivity index is 2.95. The molecule has 62 valence electrons. The Kier molecular flexibility index (Phi) is 3.34. The molecule has 0 aliphatic heterocycles. The monoisotopic (exact) mass is 158 g/mol. The van der Waals surface area contributed by atoms with E-state index in [4.69, 9.17) is 0 Å². The smallest absolute Gasteiger partial charge is 0.0254 e. The van der Waals surface area contributed by atoms with Crippen LogP contribution in [0.2, 0.25) is 0 Å². The third-order valence-electron chi connectivity index (χ3n) is 1.63. The van der Waals surface area contributed by atoms with Crippen molar-refractivity contribution in [2.24, 2.45) is 0 Å². The fourth-order valence-corrected chi connectivity index (χ4v) is 1.15. The summed E-state index contributed by atoms with van der Waals surface area (Å²) >= 11 is 0. The molecular formula is C12H14. The molecule has 0 aliphatic carbocycles. The van der Waals surface area contributed by atoms with Gasteiger partial charge in [0.1, 0.15) is 0 Å². The molecule has 0 spiro atoms. The first-order valence-electron chi connectivity index (χ1n) is 4.22. The molecular weight excluding hydrogens is 144 g/mol. The Morgan fingerprint density at radius 2 is 1.42 bits per heavy atom. The van der Waals surface area contributed by atoms with Gasteiger partial charge >= 0.3 is 0 Å². The van der Waals surface area contributed by atoms with Crippen LogP contribution < -0.4 is 0 Å². The fourth-order valence-electron chi connectivity index (χ4n) is 1.15. The Hall–Kier alpha value is -1.30. The summed E-state index contributed by atoms with van der Waals surface area (Å²) in [7, 11) is 0. The lowest BCUT2D eigenvalue weighted by molar-refractivity contribution is 1.60. The molecule has 0 radical (unpaired) electrons. The highest BCUT2D eigenvalue weighted by Crippen LogP contribution is 2.08. The fraction of sp³-hybridized carbons (Fsp3) is 0.167. The summed E-state index contributed by atoms with van der Waals surface area (Å²) in [6.07, 6.45) is 8.31. The lowest BCUT2D eigenvalue weighted by Gasteiger charge is -1.95. The number of allylic oxidation sites excluding steroid dienone is 2. The van der Waals surface area contributed by atoms with Crippen LogP contribution in [-0.4, -0.2) is 0 Å². The van der Waals surface area contributed by atoms with Crippen molar-refractivity contribution in [3.8, 4) is 0 Å². The van der Waals surface area contributed by atoms with Crippen molar-refractivity contribution in [1.82, 2.24) is 0 Å².